The van der Waals surface area contributed by atoms with Crippen molar-refractivity contribution in [3.8, 4) is 0 Å². The highest BCUT2D eigenvalue weighted by molar-refractivity contribution is 5.79. The molecule has 106 valence electrons. The van der Waals surface area contributed by atoms with Gasteiger partial charge in [-0.2, -0.15) is 0 Å². The molecule has 2 bridgehead atoms. The zero-order valence-electron chi connectivity index (χ0n) is 11.6. The Kier molecular flexibility index (Phi) is 4.18. The van der Waals surface area contributed by atoms with Crippen LogP contribution < -0.4 is 10.6 Å². The van der Waals surface area contributed by atoms with Crippen LogP contribution in [0, 0.1) is 17.8 Å². The minimum absolute atomic E-state index is 0.259. The summed E-state index contributed by atoms with van der Waals surface area (Å²) in [5.41, 5.74) is 0. The van der Waals surface area contributed by atoms with E-state index < -0.39 is 0 Å². The number of rotatable bonds is 5. The van der Waals surface area contributed by atoms with Crippen molar-refractivity contribution in [3.63, 3.8) is 0 Å². The van der Waals surface area contributed by atoms with Gasteiger partial charge in [-0.15, -0.1) is 0 Å². The molecule has 0 radical (unpaired) electrons. The summed E-state index contributed by atoms with van der Waals surface area (Å²) in [7, 11) is 0. The van der Waals surface area contributed by atoms with Crippen molar-refractivity contribution in [3.05, 3.63) is 12.2 Å². The van der Waals surface area contributed by atoms with Gasteiger partial charge in [0.1, 0.15) is 0 Å². The number of carbonyl (C=O) groups is 1. The van der Waals surface area contributed by atoms with Crippen LogP contribution in [0.1, 0.15) is 19.3 Å². The van der Waals surface area contributed by atoms with Crippen LogP contribution >= 0.6 is 0 Å². The Hall–Kier alpha value is -0.870. The van der Waals surface area contributed by atoms with Crippen LogP contribution in [0.25, 0.3) is 0 Å². The molecule has 0 spiro atoms. The summed E-state index contributed by atoms with van der Waals surface area (Å²) >= 11 is 0. The van der Waals surface area contributed by atoms with E-state index in [9.17, 15) is 4.79 Å². The van der Waals surface area contributed by atoms with Gasteiger partial charge in [-0.3, -0.25) is 4.79 Å². The minimum atomic E-state index is 0.259. The lowest BCUT2D eigenvalue weighted by atomic mass is 9.93. The van der Waals surface area contributed by atoms with Crippen LogP contribution in [-0.2, 0) is 4.79 Å². The maximum absolute atomic E-state index is 12.1. The Balaban J connectivity index is 1.31. The Morgan fingerprint density at radius 1 is 1.26 bits per heavy atom. The quantitative estimate of drug-likeness (QED) is 0.564. The molecule has 4 heteroatoms. The molecule has 3 atom stereocenters. The molecule has 0 aromatic rings. The van der Waals surface area contributed by atoms with Gasteiger partial charge in [0.05, 0.1) is 0 Å². The third-order valence-corrected chi connectivity index (χ3v) is 4.78. The van der Waals surface area contributed by atoms with Gasteiger partial charge in [-0.05, 0) is 37.6 Å². The highest BCUT2D eigenvalue weighted by Crippen LogP contribution is 2.43. The smallest absolute Gasteiger partial charge is 0.223 e. The lowest BCUT2D eigenvalue weighted by Crippen LogP contribution is -2.44. The van der Waals surface area contributed by atoms with Crippen molar-refractivity contribution in [2.24, 2.45) is 17.8 Å². The molecule has 2 fully saturated rings. The van der Waals surface area contributed by atoms with Crippen molar-refractivity contribution >= 4 is 5.91 Å². The predicted molar refractivity (Wildman–Crippen MR) is 75.8 cm³/mol. The summed E-state index contributed by atoms with van der Waals surface area (Å²) in [4.78, 5) is 14.6. The zero-order chi connectivity index (χ0) is 13.1. The first-order valence-electron chi connectivity index (χ1n) is 7.72. The van der Waals surface area contributed by atoms with Gasteiger partial charge >= 0.3 is 0 Å². The van der Waals surface area contributed by atoms with Crippen LogP contribution in [0.2, 0.25) is 0 Å². The Morgan fingerprint density at radius 3 is 2.79 bits per heavy atom. The number of nitrogens with zero attached hydrogens (tertiary/aromatic N) is 1. The number of carbonyl (C=O) groups excluding carboxylic acids is 1. The Morgan fingerprint density at radius 2 is 2.11 bits per heavy atom. The molecular weight excluding hydrogens is 238 g/mol. The summed E-state index contributed by atoms with van der Waals surface area (Å²) in [6.45, 7) is 6.43. The van der Waals surface area contributed by atoms with Crippen molar-refractivity contribution in [1.82, 2.24) is 15.5 Å². The van der Waals surface area contributed by atoms with Crippen LogP contribution in [-0.4, -0.2) is 50.1 Å². The maximum Gasteiger partial charge on any atom is 0.223 e. The maximum atomic E-state index is 12.1. The van der Waals surface area contributed by atoms with E-state index in [0.29, 0.717) is 11.8 Å². The number of fused-ring (bicyclic) bond motifs is 2. The van der Waals surface area contributed by atoms with E-state index in [1.165, 1.54) is 6.42 Å². The monoisotopic (exact) mass is 263 g/mol. The fraction of sp³-hybridized carbons (Fsp3) is 0.800. The van der Waals surface area contributed by atoms with Crippen LogP contribution in [0.15, 0.2) is 12.2 Å². The van der Waals surface area contributed by atoms with E-state index in [1.54, 1.807) is 0 Å². The van der Waals surface area contributed by atoms with Gasteiger partial charge in [-0.1, -0.05) is 12.2 Å². The van der Waals surface area contributed by atoms with E-state index in [0.717, 1.165) is 52.1 Å². The van der Waals surface area contributed by atoms with Crippen LogP contribution in [0.4, 0.5) is 0 Å². The fourth-order valence-corrected chi connectivity index (χ4v) is 3.66. The normalized spacial score (nSPS) is 33.8. The van der Waals surface area contributed by atoms with Crippen LogP contribution in [0.5, 0.6) is 0 Å². The van der Waals surface area contributed by atoms with E-state index in [1.807, 2.05) is 0 Å². The van der Waals surface area contributed by atoms with Crippen LogP contribution in [0.3, 0.4) is 0 Å². The lowest BCUT2D eigenvalue weighted by molar-refractivity contribution is -0.125. The number of hydrogen-bond acceptors (Lipinski definition) is 3. The molecule has 2 N–H and O–H groups in total. The standard InChI is InChI=1S/C15H25N3O/c19-15(14-11-12-2-3-13(14)10-12)17-4-1-7-18-8-5-16-6-9-18/h2-3,12-14,16H,1,4-11H2,(H,17,19). The molecule has 1 saturated carbocycles. The third kappa shape index (κ3) is 3.18. The first-order chi connectivity index (χ1) is 9.33. The minimum Gasteiger partial charge on any atom is -0.356 e. The second-order valence-electron chi connectivity index (χ2n) is 6.12. The molecular formula is C15H25N3O. The molecule has 19 heavy (non-hydrogen) atoms. The van der Waals surface area contributed by atoms with Crippen molar-refractivity contribution in [2.75, 3.05) is 39.3 Å². The number of hydrogen-bond donors (Lipinski definition) is 2. The summed E-state index contributed by atoms with van der Waals surface area (Å²) < 4.78 is 0. The number of allylic oxidation sites excluding steroid dienone is 2. The Bertz CT molecular complexity index is 349. The second-order valence-corrected chi connectivity index (χ2v) is 6.12. The molecule has 1 saturated heterocycles. The average molecular weight is 263 g/mol. The molecule has 4 nitrogen and oxygen atoms in total. The topological polar surface area (TPSA) is 44.4 Å². The summed E-state index contributed by atoms with van der Waals surface area (Å²) in [6, 6.07) is 0. The largest absolute Gasteiger partial charge is 0.356 e. The molecule has 0 aromatic carbocycles. The molecule has 1 amide bonds. The third-order valence-electron chi connectivity index (χ3n) is 4.78. The molecule has 3 aliphatic rings. The SMILES string of the molecule is O=C(NCCCN1CCNCC1)C1CC2C=CC1C2. The van der Waals surface area contributed by atoms with Gasteiger partial charge in [0.25, 0.3) is 0 Å². The molecule has 1 aliphatic heterocycles. The molecule has 1 heterocycles. The summed E-state index contributed by atoms with van der Waals surface area (Å²) in [5, 5.41) is 6.49. The highest BCUT2D eigenvalue weighted by atomic mass is 16.1. The number of nitrogens with one attached hydrogen (secondary N) is 2. The molecule has 3 unspecified atom stereocenters. The van der Waals surface area contributed by atoms with E-state index >= 15 is 0 Å². The second kappa shape index (κ2) is 6.06. The first-order valence-corrected chi connectivity index (χ1v) is 7.72. The fourth-order valence-electron chi connectivity index (χ4n) is 3.66. The van der Waals surface area contributed by atoms with Crippen molar-refractivity contribution in [2.45, 2.75) is 19.3 Å². The molecule has 0 aromatic heterocycles. The van der Waals surface area contributed by atoms with Crippen molar-refractivity contribution in [1.29, 1.82) is 0 Å². The van der Waals surface area contributed by atoms with Gasteiger partial charge in [0, 0.05) is 38.6 Å². The summed E-state index contributed by atoms with van der Waals surface area (Å²) in [5.74, 6) is 1.76. The van der Waals surface area contributed by atoms with E-state index in [-0.39, 0.29) is 11.8 Å². The zero-order valence-corrected chi connectivity index (χ0v) is 11.6. The van der Waals surface area contributed by atoms with Gasteiger partial charge < -0.3 is 15.5 Å². The van der Waals surface area contributed by atoms with Gasteiger partial charge in [0.2, 0.25) is 5.91 Å². The average Bonchev–Trinajstić information content (AvgIpc) is 3.07. The molecule has 3 rings (SSSR count). The number of amides is 1. The lowest BCUT2D eigenvalue weighted by Gasteiger charge is -2.27. The highest BCUT2D eigenvalue weighted by Gasteiger charge is 2.39. The van der Waals surface area contributed by atoms with E-state index in [2.05, 4.69) is 27.7 Å². The Labute approximate surface area is 115 Å². The van der Waals surface area contributed by atoms with Gasteiger partial charge in [0.15, 0.2) is 0 Å². The first kappa shape index (κ1) is 13.1. The predicted octanol–water partition coefficient (Wildman–Crippen LogP) is 0.610. The number of piperazine rings is 1. The summed E-state index contributed by atoms with van der Waals surface area (Å²) in [6.07, 6.45) is 7.89. The van der Waals surface area contributed by atoms with E-state index in [4.69, 9.17) is 0 Å². The van der Waals surface area contributed by atoms with Gasteiger partial charge in [-0.25, -0.2) is 0 Å². The van der Waals surface area contributed by atoms with Crippen molar-refractivity contribution < 1.29 is 4.79 Å². The molecule has 2 aliphatic carbocycles.